The normalized spacial score (nSPS) is 13.0. The smallest absolute Gasteiger partial charge is 0.326 e. The van der Waals surface area contributed by atoms with Gasteiger partial charge >= 0.3 is 12.0 Å². The molecule has 3 aromatic carbocycles. The number of carboxylic acids is 1. The number of aliphatic carboxylic acids is 1. The molecular weight excluding hydrogens is 430 g/mol. The summed E-state index contributed by atoms with van der Waals surface area (Å²) in [5.74, 6) is -1.50. The van der Waals surface area contributed by atoms with Crippen molar-refractivity contribution in [1.29, 1.82) is 0 Å². The highest BCUT2D eigenvalue weighted by Crippen LogP contribution is 2.44. The van der Waals surface area contributed by atoms with Gasteiger partial charge in [0.2, 0.25) is 0 Å². The summed E-state index contributed by atoms with van der Waals surface area (Å²) in [5, 5.41) is 12.6. The van der Waals surface area contributed by atoms with E-state index >= 15 is 0 Å². The number of carbonyl (C=O) groups is 2. The van der Waals surface area contributed by atoms with Crippen molar-refractivity contribution in [1.82, 2.24) is 5.32 Å². The van der Waals surface area contributed by atoms with Gasteiger partial charge in [-0.3, -0.25) is 9.69 Å². The zero-order valence-corrected chi connectivity index (χ0v) is 17.0. The molecular formula is C22H15Cl2FN2O3. The van der Waals surface area contributed by atoms with Crippen molar-refractivity contribution in [2.45, 2.75) is 13.0 Å². The van der Waals surface area contributed by atoms with Crippen LogP contribution in [0.2, 0.25) is 10.0 Å². The van der Waals surface area contributed by atoms with Gasteiger partial charge in [-0.1, -0.05) is 47.5 Å². The van der Waals surface area contributed by atoms with E-state index in [1.54, 1.807) is 48.5 Å². The van der Waals surface area contributed by atoms with E-state index in [0.29, 0.717) is 27.9 Å². The van der Waals surface area contributed by atoms with Crippen LogP contribution < -0.4 is 10.2 Å². The van der Waals surface area contributed by atoms with Gasteiger partial charge in [-0.25, -0.2) is 9.18 Å². The van der Waals surface area contributed by atoms with Gasteiger partial charge in [0.05, 0.1) is 27.8 Å². The molecule has 0 saturated carbocycles. The average molecular weight is 445 g/mol. The minimum atomic E-state index is -1.04. The van der Waals surface area contributed by atoms with E-state index in [1.807, 2.05) is 0 Å². The Labute approximate surface area is 181 Å². The zero-order valence-electron chi connectivity index (χ0n) is 15.5. The Kier molecular flexibility index (Phi) is 5.37. The maximum Gasteiger partial charge on any atom is 0.326 e. The van der Waals surface area contributed by atoms with Crippen LogP contribution in [0.3, 0.4) is 0 Å². The molecule has 1 aliphatic heterocycles. The molecule has 4 rings (SSSR count). The number of urea groups is 1. The molecule has 5 nitrogen and oxygen atoms in total. The number of carbonyl (C=O) groups excluding carboxylic acids is 1. The molecule has 0 atom stereocenters. The van der Waals surface area contributed by atoms with Crippen molar-refractivity contribution >= 4 is 46.6 Å². The van der Waals surface area contributed by atoms with Crippen molar-refractivity contribution in [2.24, 2.45) is 0 Å². The second kappa shape index (κ2) is 7.97. The molecule has 3 aromatic rings. The van der Waals surface area contributed by atoms with Gasteiger partial charge in [0, 0.05) is 17.7 Å². The van der Waals surface area contributed by atoms with Gasteiger partial charge in [0.25, 0.3) is 0 Å². The second-order valence-corrected chi connectivity index (χ2v) is 7.57. The third-order valence-corrected chi connectivity index (χ3v) is 5.44. The number of rotatable bonds is 4. The summed E-state index contributed by atoms with van der Waals surface area (Å²) in [6.07, 6.45) is -0.291. The van der Waals surface area contributed by atoms with E-state index in [-0.39, 0.29) is 28.7 Å². The summed E-state index contributed by atoms with van der Waals surface area (Å²) in [4.78, 5) is 25.5. The first-order valence-corrected chi connectivity index (χ1v) is 9.77. The Hall–Kier alpha value is -3.09. The van der Waals surface area contributed by atoms with Crippen LogP contribution in [-0.2, 0) is 17.8 Å². The molecule has 0 radical (unpaired) electrons. The highest BCUT2D eigenvalue weighted by atomic mass is 35.5. The number of carboxylic acid groups (broad SMARTS) is 1. The van der Waals surface area contributed by atoms with Crippen LogP contribution in [-0.4, -0.2) is 17.1 Å². The van der Waals surface area contributed by atoms with Crippen LogP contribution in [0.4, 0.5) is 20.6 Å². The Morgan fingerprint density at radius 2 is 1.77 bits per heavy atom. The second-order valence-electron chi connectivity index (χ2n) is 6.76. The summed E-state index contributed by atoms with van der Waals surface area (Å²) < 4.78 is 14.6. The third kappa shape index (κ3) is 3.60. The number of halogens is 3. The van der Waals surface area contributed by atoms with Gasteiger partial charge in [0.1, 0.15) is 5.82 Å². The Balaban J connectivity index is 2.01. The van der Waals surface area contributed by atoms with Crippen molar-refractivity contribution in [3.63, 3.8) is 0 Å². The van der Waals surface area contributed by atoms with Crippen LogP contribution in [0.15, 0.2) is 54.6 Å². The Morgan fingerprint density at radius 3 is 2.43 bits per heavy atom. The number of amides is 2. The lowest BCUT2D eigenvalue weighted by Crippen LogP contribution is -2.41. The van der Waals surface area contributed by atoms with Crippen LogP contribution in [0, 0.1) is 5.82 Å². The van der Waals surface area contributed by atoms with E-state index in [0.717, 1.165) is 0 Å². The highest BCUT2D eigenvalue weighted by molar-refractivity contribution is 6.40. The van der Waals surface area contributed by atoms with E-state index in [9.17, 15) is 19.1 Å². The molecule has 0 aliphatic carbocycles. The van der Waals surface area contributed by atoms with Gasteiger partial charge in [-0.2, -0.15) is 0 Å². The van der Waals surface area contributed by atoms with Crippen LogP contribution in [0.1, 0.15) is 11.1 Å². The molecule has 0 saturated heterocycles. The molecule has 2 N–H and O–H groups in total. The van der Waals surface area contributed by atoms with Gasteiger partial charge in [-0.05, 0) is 41.5 Å². The lowest BCUT2D eigenvalue weighted by Gasteiger charge is -2.33. The molecule has 2 amide bonds. The van der Waals surface area contributed by atoms with Gasteiger partial charge in [0.15, 0.2) is 0 Å². The number of nitrogens with zero attached hydrogens (tertiary/aromatic N) is 1. The fourth-order valence-electron chi connectivity index (χ4n) is 3.57. The summed E-state index contributed by atoms with van der Waals surface area (Å²) in [6, 6.07) is 13.8. The molecule has 0 bridgehead atoms. The molecule has 1 heterocycles. The molecule has 0 unspecified atom stereocenters. The van der Waals surface area contributed by atoms with Crippen molar-refractivity contribution in [2.75, 3.05) is 4.90 Å². The highest BCUT2D eigenvalue weighted by Gasteiger charge is 2.31. The molecule has 0 spiro atoms. The predicted octanol–water partition coefficient (Wildman–Crippen LogP) is 5.79. The number of para-hydroxylation sites is 1. The molecule has 152 valence electrons. The number of hydrogen-bond acceptors (Lipinski definition) is 2. The molecule has 8 heteroatoms. The van der Waals surface area contributed by atoms with Gasteiger partial charge in [-0.15, -0.1) is 0 Å². The zero-order chi connectivity index (χ0) is 21.4. The van der Waals surface area contributed by atoms with E-state index in [1.165, 1.54) is 11.0 Å². The predicted molar refractivity (Wildman–Crippen MR) is 114 cm³/mol. The summed E-state index contributed by atoms with van der Waals surface area (Å²) in [7, 11) is 0. The summed E-state index contributed by atoms with van der Waals surface area (Å²) in [5.41, 5.74) is 2.53. The number of nitrogens with one attached hydrogen (secondary N) is 1. The van der Waals surface area contributed by atoms with Crippen molar-refractivity contribution < 1.29 is 19.1 Å². The van der Waals surface area contributed by atoms with Crippen LogP contribution >= 0.6 is 23.2 Å². The average Bonchev–Trinajstić information content (AvgIpc) is 2.69. The fourth-order valence-corrected chi connectivity index (χ4v) is 4.14. The van der Waals surface area contributed by atoms with E-state index in [2.05, 4.69) is 5.32 Å². The largest absolute Gasteiger partial charge is 0.481 e. The molecule has 0 fully saturated rings. The lowest BCUT2D eigenvalue weighted by molar-refractivity contribution is -0.136. The third-order valence-electron chi connectivity index (χ3n) is 4.83. The lowest BCUT2D eigenvalue weighted by atomic mass is 9.92. The first kappa shape index (κ1) is 20.2. The van der Waals surface area contributed by atoms with Crippen molar-refractivity contribution in [3.8, 4) is 11.1 Å². The summed E-state index contributed by atoms with van der Waals surface area (Å²) in [6.45, 7) is 0.143. The number of benzene rings is 3. The summed E-state index contributed by atoms with van der Waals surface area (Å²) >= 11 is 12.7. The van der Waals surface area contributed by atoms with Crippen molar-refractivity contribution in [3.05, 3.63) is 81.6 Å². The fraction of sp³-hybridized carbons (Fsp3) is 0.0909. The number of anilines is 2. The maximum atomic E-state index is 14.6. The van der Waals surface area contributed by atoms with Crippen LogP contribution in [0.5, 0.6) is 0 Å². The van der Waals surface area contributed by atoms with Gasteiger partial charge < -0.3 is 10.4 Å². The first-order chi connectivity index (χ1) is 14.4. The van der Waals surface area contributed by atoms with E-state index < -0.39 is 17.8 Å². The monoisotopic (exact) mass is 444 g/mol. The Bertz CT molecular complexity index is 1160. The standard InChI is InChI=1S/C22H15Cl2FN2O3/c23-16-5-3-6-17(24)21(16)27-19-9-12(10-20(28)29)8-14(15(19)11-26-22(27)30)13-4-1-2-7-18(13)25/h1-9H,10-11H2,(H,26,30)(H,28,29). The first-order valence-electron chi connectivity index (χ1n) is 9.01. The quantitative estimate of drug-likeness (QED) is 0.534. The molecule has 0 aromatic heterocycles. The maximum absolute atomic E-state index is 14.6. The molecule has 1 aliphatic rings. The number of hydrogen-bond donors (Lipinski definition) is 2. The SMILES string of the molecule is O=C(O)Cc1cc(-c2ccccc2F)c2c(c1)N(c1c(Cl)cccc1Cl)C(=O)NC2. The van der Waals surface area contributed by atoms with E-state index in [4.69, 9.17) is 23.2 Å². The minimum absolute atomic E-state index is 0.143. The molecule has 30 heavy (non-hydrogen) atoms. The van der Waals surface area contributed by atoms with Crippen LogP contribution in [0.25, 0.3) is 11.1 Å². The number of fused-ring (bicyclic) bond motifs is 1. The topological polar surface area (TPSA) is 69.6 Å². The Morgan fingerprint density at radius 1 is 1.07 bits per heavy atom. The minimum Gasteiger partial charge on any atom is -0.481 e.